The zero-order valence-electron chi connectivity index (χ0n) is 15.1. The molecule has 24 heavy (non-hydrogen) atoms. The highest BCUT2D eigenvalue weighted by Crippen LogP contribution is 2.64. The minimum absolute atomic E-state index is 0.112. The van der Waals surface area contributed by atoms with Gasteiger partial charge in [0.25, 0.3) is 0 Å². The van der Waals surface area contributed by atoms with Gasteiger partial charge >= 0.3 is 0 Å². The Morgan fingerprint density at radius 3 is 2.75 bits per heavy atom. The maximum Gasteiger partial charge on any atom is 0.141 e. The van der Waals surface area contributed by atoms with Crippen LogP contribution < -0.4 is 0 Å². The molecule has 0 spiro atoms. The highest BCUT2D eigenvalue weighted by atomic mass is 16.5. The van der Waals surface area contributed by atoms with E-state index in [0.29, 0.717) is 11.3 Å². The van der Waals surface area contributed by atoms with Crippen molar-refractivity contribution in [2.24, 2.45) is 23.2 Å². The summed E-state index contributed by atoms with van der Waals surface area (Å²) in [5.74, 6) is 3.41. The molecule has 0 bridgehead atoms. The van der Waals surface area contributed by atoms with Crippen molar-refractivity contribution in [1.82, 2.24) is 5.16 Å². The van der Waals surface area contributed by atoms with Gasteiger partial charge in [0.1, 0.15) is 5.76 Å². The Labute approximate surface area is 144 Å². The zero-order valence-corrected chi connectivity index (χ0v) is 15.1. The number of allylic oxidation sites excluding steroid dienone is 1. The van der Waals surface area contributed by atoms with E-state index in [4.69, 9.17) is 4.52 Å². The van der Waals surface area contributed by atoms with Crippen LogP contribution in [0.5, 0.6) is 0 Å². The van der Waals surface area contributed by atoms with Gasteiger partial charge in [0, 0.05) is 17.4 Å². The third-order valence-electron chi connectivity index (χ3n) is 8.38. The van der Waals surface area contributed by atoms with Crippen molar-refractivity contribution in [3.63, 3.8) is 0 Å². The molecule has 1 N–H and O–H groups in total. The lowest BCUT2D eigenvalue weighted by molar-refractivity contribution is -0.0172. The molecule has 1 aromatic rings. The normalized spacial score (nSPS) is 46.6. The van der Waals surface area contributed by atoms with Crippen LogP contribution in [0.25, 0.3) is 0 Å². The van der Waals surface area contributed by atoms with Crippen molar-refractivity contribution in [2.45, 2.75) is 77.2 Å². The Morgan fingerprint density at radius 1 is 1.12 bits per heavy atom. The summed E-state index contributed by atoms with van der Waals surface area (Å²) in [5.41, 5.74) is 4.69. The minimum Gasteiger partial charge on any atom is -0.393 e. The van der Waals surface area contributed by atoms with E-state index in [-0.39, 0.29) is 11.5 Å². The van der Waals surface area contributed by atoms with Gasteiger partial charge in [-0.05, 0) is 68.6 Å². The highest BCUT2D eigenvalue weighted by Gasteiger charge is 2.58. The highest BCUT2D eigenvalue weighted by molar-refractivity contribution is 5.40. The standard InChI is InChI=1S/C21H29NO2/c1-12-19-18(24-22-12)11-17-15-5-4-13-10-14(23)6-8-20(13,2)16(15)7-9-21(17,19)3/h4,14-17,23H,5-11H2,1-3H3/t14-,15-,16-,17+,20+,21+/m1/s1. The fourth-order valence-corrected chi connectivity index (χ4v) is 7.14. The summed E-state index contributed by atoms with van der Waals surface area (Å²) in [6, 6.07) is 0. The first kappa shape index (κ1) is 15.2. The predicted octanol–water partition coefficient (Wildman–Crippen LogP) is 4.32. The van der Waals surface area contributed by atoms with Crippen LogP contribution in [0.15, 0.2) is 16.2 Å². The molecule has 3 nitrogen and oxygen atoms in total. The monoisotopic (exact) mass is 327 g/mol. The number of aromatic nitrogens is 1. The molecule has 2 fully saturated rings. The second-order valence-corrected chi connectivity index (χ2v) is 9.38. The van der Waals surface area contributed by atoms with Crippen molar-refractivity contribution >= 4 is 0 Å². The molecule has 3 heteroatoms. The van der Waals surface area contributed by atoms with E-state index in [2.05, 4.69) is 32.0 Å². The van der Waals surface area contributed by atoms with Crippen LogP contribution in [0.3, 0.4) is 0 Å². The summed E-state index contributed by atoms with van der Waals surface area (Å²) >= 11 is 0. The molecule has 2 saturated carbocycles. The summed E-state index contributed by atoms with van der Waals surface area (Å²) in [5, 5.41) is 14.4. The molecular formula is C21H29NO2. The van der Waals surface area contributed by atoms with E-state index >= 15 is 0 Å². The first-order chi connectivity index (χ1) is 11.4. The molecular weight excluding hydrogens is 298 g/mol. The lowest BCUT2D eigenvalue weighted by Gasteiger charge is -2.57. The molecule has 0 radical (unpaired) electrons. The molecule has 0 aliphatic heterocycles. The summed E-state index contributed by atoms with van der Waals surface area (Å²) in [6.45, 7) is 7.07. The number of nitrogens with zero attached hydrogens (tertiary/aromatic N) is 1. The largest absolute Gasteiger partial charge is 0.393 e. The zero-order chi connectivity index (χ0) is 16.7. The topological polar surface area (TPSA) is 46.3 Å². The molecule has 4 aliphatic rings. The first-order valence-corrected chi connectivity index (χ1v) is 9.76. The van der Waals surface area contributed by atoms with Crippen LogP contribution in [0.2, 0.25) is 0 Å². The number of aryl methyl sites for hydroxylation is 1. The van der Waals surface area contributed by atoms with Crippen LogP contribution in [0.4, 0.5) is 0 Å². The van der Waals surface area contributed by atoms with Gasteiger partial charge in [0.05, 0.1) is 11.8 Å². The van der Waals surface area contributed by atoms with E-state index < -0.39 is 0 Å². The number of aliphatic hydroxyl groups excluding tert-OH is 1. The van der Waals surface area contributed by atoms with E-state index in [0.717, 1.165) is 43.2 Å². The molecule has 0 amide bonds. The quantitative estimate of drug-likeness (QED) is 0.722. The number of hydrogen-bond acceptors (Lipinski definition) is 3. The van der Waals surface area contributed by atoms with Crippen LogP contribution in [0, 0.1) is 30.1 Å². The number of fused-ring (bicyclic) bond motifs is 7. The molecule has 0 aromatic carbocycles. The number of aliphatic hydroxyl groups is 1. The summed E-state index contributed by atoms with van der Waals surface area (Å²) < 4.78 is 5.69. The predicted molar refractivity (Wildman–Crippen MR) is 92.7 cm³/mol. The second-order valence-electron chi connectivity index (χ2n) is 9.38. The number of hydrogen-bond donors (Lipinski definition) is 1. The average Bonchev–Trinajstić information content (AvgIpc) is 3.06. The van der Waals surface area contributed by atoms with Crippen LogP contribution in [-0.2, 0) is 11.8 Å². The van der Waals surface area contributed by atoms with Crippen molar-refractivity contribution in [2.75, 3.05) is 0 Å². The van der Waals surface area contributed by atoms with Crippen molar-refractivity contribution in [3.05, 3.63) is 28.7 Å². The van der Waals surface area contributed by atoms with Crippen molar-refractivity contribution in [1.29, 1.82) is 0 Å². The first-order valence-electron chi connectivity index (χ1n) is 9.76. The maximum absolute atomic E-state index is 10.1. The van der Waals surface area contributed by atoms with E-state index in [9.17, 15) is 5.11 Å². The van der Waals surface area contributed by atoms with Crippen molar-refractivity contribution < 1.29 is 9.63 Å². The van der Waals surface area contributed by atoms with Gasteiger partial charge in [-0.3, -0.25) is 0 Å². The molecule has 0 unspecified atom stereocenters. The Morgan fingerprint density at radius 2 is 1.92 bits per heavy atom. The van der Waals surface area contributed by atoms with Crippen LogP contribution in [-0.4, -0.2) is 16.4 Å². The maximum atomic E-state index is 10.1. The third kappa shape index (κ3) is 1.75. The molecule has 1 aromatic heterocycles. The van der Waals surface area contributed by atoms with Gasteiger partial charge in [-0.2, -0.15) is 0 Å². The van der Waals surface area contributed by atoms with Gasteiger partial charge in [0.2, 0.25) is 0 Å². The average molecular weight is 327 g/mol. The fraction of sp³-hybridized carbons (Fsp3) is 0.762. The fourth-order valence-electron chi connectivity index (χ4n) is 7.14. The van der Waals surface area contributed by atoms with Gasteiger partial charge in [-0.15, -0.1) is 0 Å². The summed E-state index contributed by atoms with van der Waals surface area (Å²) in [7, 11) is 0. The van der Waals surface area contributed by atoms with Gasteiger partial charge in [-0.1, -0.05) is 30.7 Å². The lowest BCUT2D eigenvalue weighted by atomic mass is 9.47. The Hall–Kier alpha value is -1.09. The third-order valence-corrected chi connectivity index (χ3v) is 8.38. The lowest BCUT2D eigenvalue weighted by Crippen LogP contribution is -2.51. The van der Waals surface area contributed by atoms with Gasteiger partial charge in [-0.25, -0.2) is 0 Å². The summed E-state index contributed by atoms with van der Waals surface area (Å²) in [6.07, 6.45) is 10.3. The Kier molecular flexibility index (Phi) is 3.01. The Bertz CT molecular complexity index is 719. The van der Waals surface area contributed by atoms with Gasteiger partial charge in [0.15, 0.2) is 0 Å². The van der Waals surface area contributed by atoms with Crippen LogP contribution in [0.1, 0.15) is 69.4 Å². The number of rotatable bonds is 0. The Balaban J connectivity index is 1.54. The van der Waals surface area contributed by atoms with E-state index in [1.807, 2.05) is 0 Å². The minimum atomic E-state index is -0.112. The molecule has 4 aliphatic carbocycles. The smallest absolute Gasteiger partial charge is 0.141 e. The molecule has 5 rings (SSSR count). The summed E-state index contributed by atoms with van der Waals surface area (Å²) in [4.78, 5) is 0. The van der Waals surface area contributed by atoms with E-state index in [1.165, 1.54) is 30.6 Å². The molecule has 0 saturated heterocycles. The SMILES string of the molecule is Cc1noc2c1[C@@]1(C)CC[C@@H]3[C@@H](CC=C4C[C@H](O)CC[C@@]43C)[C@@H]1C2. The second kappa shape index (κ2) is 4.75. The molecule has 6 atom stereocenters. The van der Waals surface area contributed by atoms with Crippen LogP contribution >= 0.6 is 0 Å². The van der Waals surface area contributed by atoms with Gasteiger partial charge < -0.3 is 9.63 Å². The van der Waals surface area contributed by atoms with Crippen molar-refractivity contribution in [3.8, 4) is 0 Å². The molecule has 130 valence electrons. The van der Waals surface area contributed by atoms with E-state index in [1.54, 1.807) is 5.57 Å². The molecule has 1 heterocycles.